The number of rotatable bonds is 4. The van der Waals surface area contributed by atoms with Crippen molar-refractivity contribution < 1.29 is 4.79 Å². The highest BCUT2D eigenvalue weighted by molar-refractivity contribution is 7.80. The average molecular weight is 210 g/mol. The van der Waals surface area contributed by atoms with Gasteiger partial charge in [0.25, 0.3) is 0 Å². The summed E-state index contributed by atoms with van der Waals surface area (Å²) >= 11 is 3.99. The summed E-state index contributed by atoms with van der Waals surface area (Å²) in [6.07, 6.45) is 0. The predicted octanol–water partition coefficient (Wildman–Crippen LogP) is 1.42. The second-order valence-corrected chi connectivity index (χ2v) is 3.27. The molecule has 2 N–H and O–H groups in total. The molecule has 0 bridgehead atoms. The van der Waals surface area contributed by atoms with Crippen molar-refractivity contribution in [2.24, 2.45) is 0 Å². The largest absolute Gasteiger partial charge is 0.337 e. The quantitative estimate of drug-likeness (QED) is 0.646. The van der Waals surface area contributed by atoms with Crippen LogP contribution < -0.4 is 10.6 Å². The van der Waals surface area contributed by atoms with E-state index in [9.17, 15) is 4.79 Å². The first-order valence-electron chi connectivity index (χ1n) is 4.49. The zero-order chi connectivity index (χ0) is 10.2. The molecule has 1 aromatic rings. The van der Waals surface area contributed by atoms with Crippen LogP contribution in [0.1, 0.15) is 5.56 Å². The molecule has 0 spiro atoms. The lowest BCUT2D eigenvalue weighted by Crippen LogP contribution is -2.36. The first-order chi connectivity index (χ1) is 6.83. The van der Waals surface area contributed by atoms with Gasteiger partial charge in [0, 0.05) is 18.8 Å². The Morgan fingerprint density at radius 3 is 2.57 bits per heavy atom. The monoisotopic (exact) mass is 210 g/mol. The Labute approximate surface area is 89.3 Å². The van der Waals surface area contributed by atoms with Crippen molar-refractivity contribution in [3.05, 3.63) is 35.9 Å². The molecule has 1 rings (SSSR count). The van der Waals surface area contributed by atoms with Crippen molar-refractivity contribution in [3.8, 4) is 0 Å². The Morgan fingerprint density at radius 2 is 1.93 bits per heavy atom. The Balaban J connectivity index is 2.24. The van der Waals surface area contributed by atoms with Gasteiger partial charge in [0.05, 0.1) is 0 Å². The highest BCUT2D eigenvalue weighted by Crippen LogP contribution is 1.96. The number of hydrogen-bond acceptors (Lipinski definition) is 2. The summed E-state index contributed by atoms with van der Waals surface area (Å²) in [6.45, 7) is 1.14. The molecule has 14 heavy (non-hydrogen) atoms. The van der Waals surface area contributed by atoms with E-state index in [1.165, 1.54) is 0 Å². The smallest absolute Gasteiger partial charge is 0.315 e. The van der Waals surface area contributed by atoms with Gasteiger partial charge in [-0.2, -0.15) is 12.6 Å². The number of carbonyl (C=O) groups excluding carboxylic acids is 1. The summed E-state index contributed by atoms with van der Waals surface area (Å²) in [6, 6.07) is 9.64. The lowest BCUT2D eigenvalue weighted by molar-refractivity contribution is 0.241. The lowest BCUT2D eigenvalue weighted by Gasteiger charge is -2.05. The highest BCUT2D eigenvalue weighted by atomic mass is 32.1. The van der Waals surface area contributed by atoms with Gasteiger partial charge in [0.1, 0.15) is 0 Å². The van der Waals surface area contributed by atoms with Crippen LogP contribution in [-0.2, 0) is 6.54 Å². The first kappa shape index (κ1) is 10.9. The van der Waals surface area contributed by atoms with Crippen LogP contribution >= 0.6 is 12.6 Å². The summed E-state index contributed by atoms with van der Waals surface area (Å²) in [5.41, 5.74) is 1.09. The Morgan fingerprint density at radius 1 is 1.21 bits per heavy atom. The SMILES string of the molecule is O=C(NCCS)NCc1ccccc1. The summed E-state index contributed by atoms with van der Waals surface area (Å²) < 4.78 is 0. The van der Waals surface area contributed by atoms with Crippen molar-refractivity contribution in [1.82, 2.24) is 10.6 Å². The molecule has 0 radical (unpaired) electrons. The van der Waals surface area contributed by atoms with Gasteiger partial charge < -0.3 is 10.6 Å². The van der Waals surface area contributed by atoms with Crippen molar-refractivity contribution >= 4 is 18.7 Å². The maximum atomic E-state index is 11.1. The number of carbonyl (C=O) groups is 1. The Bertz CT molecular complexity index is 277. The second kappa shape index (κ2) is 6.32. The first-order valence-corrected chi connectivity index (χ1v) is 5.12. The van der Waals surface area contributed by atoms with E-state index in [2.05, 4.69) is 23.3 Å². The zero-order valence-corrected chi connectivity index (χ0v) is 8.76. The lowest BCUT2D eigenvalue weighted by atomic mass is 10.2. The molecule has 0 aliphatic rings. The van der Waals surface area contributed by atoms with E-state index >= 15 is 0 Å². The van der Waals surface area contributed by atoms with Crippen molar-refractivity contribution in [3.63, 3.8) is 0 Å². The molecule has 0 aliphatic heterocycles. The third-order valence-electron chi connectivity index (χ3n) is 1.69. The van der Waals surface area contributed by atoms with Crippen LogP contribution in [-0.4, -0.2) is 18.3 Å². The minimum absolute atomic E-state index is 0.150. The van der Waals surface area contributed by atoms with Gasteiger partial charge in [-0.1, -0.05) is 30.3 Å². The van der Waals surface area contributed by atoms with Crippen molar-refractivity contribution in [2.45, 2.75) is 6.54 Å². The topological polar surface area (TPSA) is 41.1 Å². The minimum atomic E-state index is -0.150. The molecule has 0 aromatic heterocycles. The van der Waals surface area contributed by atoms with E-state index in [-0.39, 0.29) is 6.03 Å². The van der Waals surface area contributed by atoms with E-state index in [1.807, 2.05) is 30.3 Å². The molecule has 2 amide bonds. The van der Waals surface area contributed by atoms with Gasteiger partial charge >= 0.3 is 6.03 Å². The fourth-order valence-corrected chi connectivity index (χ4v) is 1.12. The van der Waals surface area contributed by atoms with Crippen LogP contribution in [0.25, 0.3) is 0 Å². The van der Waals surface area contributed by atoms with Crippen LogP contribution in [0.5, 0.6) is 0 Å². The third-order valence-corrected chi connectivity index (χ3v) is 1.92. The molecular weight excluding hydrogens is 196 g/mol. The number of hydrogen-bond donors (Lipinski definition) is 3. The summed E-state index contributed by atoms with van der Waals surface area (Å²) in [4.78, 5) is 11.1. The maximum absolute atomic E-state index is 11.1. The Kier molecular flexibility index (Phi) is 4.93. The van der Waals surface area contributed by atoms with E-state index in [0.29, 0.717) is 18.8 Å². The van der Waals surface area contributed by atoms with Crippen LogP contribution in [0.4, 0.5) is 4.79 Å². The average Bonchev–Trinajstić information content (AvgIpc) is 2.25. The van der Waals surface area contributed by atoms with Gasteiger partial charge in [-0.15, -0.1) is 0 Å². The number of amides is 2. The third kappa shape index (κ3) is 4.18. The van der Waals surface area contributed by atoms with E-state index < -0.39 is 0 Å². The number of urea groups is 1. The van der Waals surface area contributed by atoms with Crippen molar-refractivity contribution in [1.29, 1.82) is 0 Å². The second-order valence-electron chi connectivity index (χ2n) is 2.82. The minimum Gasteiger partial charge on any atom is -0.337 e. The summed E-state index contributed by atoms with van der Waals surface area (Å²) in [7, 11) is 0. The van der Waals surface area contributed by atoms with Gasteiger partial charge in [-0.25, -0.2) is 4.79 Å². The summed E-state index contributed by atoms with van der Waals surface area (Å²) in [5, 5.41) is 5.43. The van der Waals surface area contributed by atoms with Gasteiger partial charge in [0.15, 0.2) is 0 Å². The van der Waals surface area contributed by atoms with E-state index in [0.717, 1.165) is 5.56 Å². The predicted molar refractivity (Wildman–Crippen MR) is 60.5 cm³/mol. The molecule has 76 valence electrons. The number of nitrogens with one attached hydrogen (secondary N) is 2. The molecule has 3 nitrogen and oxygen atoms in total. The Hall–Kier alpha value is -1.16. The van der Waals surface area contributed by atoms with Crippen LogP contribution in [0.2, 0.25) is 0 Å². The highest BCUT2D eigenvalue weighted by Gasteiger charge is 1.97. The van der Waals surface area contributed by atoms with E-state index in [1.54, 1.807) is 0 Å². The molecule has 0 saturated heterocycles. The molecule has 0 atom stereocenters. The molecular formula is C10H14N2OS. The molecule has 1 aromatic carbocycles. The molecule has 0 saturated carbocycles. The number of benzene rings is 1. The normalized spacial score (nSPS) is 9.50. The summed E-state index contributed by atoms with van der Waals surface area (Å²) in [5.74, 6) is 0.652. The fourth-order valence-electron chi connectivity index (χ4n) is 1.01. The van der Waals surface area contributed by atoms with E-state index in [4.69, 9.17) is 0 Å². The number of thiol groups is 1. The van der Waals surface area contributed by atoms with Crippen LogP contribution in [0.3, 0.4) is 0 Å². The molecule has 0 fully saturated rings. The maximum Gasteiger partial charge on any atom is 0.315 e. The molecule has 0 heterocycles. The van der Waals surface area contributed by atoms with Gasteiger partial charge in [0.2, 0.25) is 0 Å². The van der Waals surface area contributed by atoms with Gasteiger partial charge in [-0.3, -0.25) is 0 Å². The van der Waals surface area contributed by atoms with Gasteiger partial charge in [-0.05, 0) is 5.56 Å². The molecule has 0 aliphatic carbocycles. The molecule has 0 unspecified atom stereocenters. The zero-order valence-electron chi connectivity index (χ0n) is 7.86. The fraction of sp³-hybridized carbons (Fsp3) is 0.300. The van der Waals surface area contributed by atoms with Crippen LogP contribution in [0.15, 0.2) is 30.3 Å². The van der Waals surface area contributed by atoms with Crippen LogP contribution in [0, 0.1) is 0 Å². The standard InChI is InChI=1S/C10H14N2OS/c13-10(11-6-7-14)12-8-9-4-2-1-3-5-9/h1-5,14H,6-8H2,(H2,11,12,13). The molecule has 4 heteroatoms. The van der Waals surface area contributed by atoms with Crippen molar-refractivity contribution in [2.75, 3.05) is 12.3 Å².